The number of nitrogens with zero attached hydrogens (tertiary/aromatic N) is 1. The number of nitrogens with one attached hydrogen (secondary N) is 1. The molecule has 3 N–H and O–H groups in total. The summed E-state index contributed by atoms with van der Waals surface area (Å²) in [5, 5.41) is 21.2. The van der Waals surface area contributed by atoms with E-state index < -0.39 is 12.3 Å². The molecule has 4 atom stereocenters. The minimum atomic E-state index is -0.985. The number of likely N-dealkylation sites (tertiary alicyclic amines) is 1. The molecule has 2 aliphatic heterocycles. The Hall–Kier alpha value is -3.56. The number of benzene rings is 3. The van der Waals surface area contributed by atoms with Gasteiger partial charge < -0.3 is 29.9 Å². The fourth-order valence-corrected chi connectivity index (χ4v) is 5.96. The van der Waals surface area contributed by atoms with Crippen LogP contribution in [-0.4, -0.2) is 52.7 Å². The lowest BCUT2D eigenvalue weighted by Gasteiger charge is -2.43. The Balaban J connectivity index is 1.35. The summed E-state index contributed by atoms with van der Waals surface area (Å²) >= 11 is 0. The van der Waals surface area contributed by atoms with Crippen molar-refractivity contribution >= 4 is 11.9 Å². The number of aliphatic hydroxyl groups is 1. The fraction of sp³-hybridized carbons (Fsp3) is 0.429. The number of amides is 1. The van der Waals surface area contributed by atoms with E-state index in [2.05, 4.69) is 41.4 Å². The first-order valence-electron chi connectivity index (χ1n) is 15.3. The van der Waals surface area contributed by atoms with Gasteiger partial charge >= 0.3 is 5.97 Å². The van der Waals surface area contributed by atoms with Gasteiger partial charge in [0.05, 0.1) is 25.2 Å². The Kier molecular flexibility index (Phi) is 10.6. The Morgan fingerprint density at radius 1 is 0.860 bits per heavy atom. The number of rotatable bonds is 11. The van der Waals surface area contributed by atoms with E-state index in [0.717, 1.165) is 53.0 Å². The molecule has 2 aliphatic rings. The molecule has 0 saturated carbocycles. The van der Waals surface area contributed by atoms with E-state index in [4.69, 9.17) is 14.6 Å². The molecule has 0 unspecified atom stereocenters. The molecule has 2 heterocycles. The molecule has 3 aromatic rings. The van der Waals surface area contributed by atoms with Crippen LogP contribution in [0, 0.1) is 5.92 Å². The third-order valence-corrected chi connectivity index (χ3v) is 8.48. The highest BCUT2D eigenvalue weighted by Gasteiger charge is 2.39. The minimum Gasteiger partial charge on any atom is -0.481 e. The van der Waals surface area contributed by atoms with Gasteiger partial charge in [-0.3, -0.25) is 9.59 Å². The molecule has 43 heavy (non-hydrogen) atoms. The van der Waals surface area contributed by atoms with Crippen molar-refractivity contribution in [3.8, 4) is 11.1 Å². The maximum absolute atomic E-state index is 12.0. The van der Waals surface area contributed by atoms with Crippen molar-refractivity contribution in [2.45, 2.75) is 70.7 Å². The molecule has 0 aromatic heterocycles. The predicted molar refractivity (Wildman–Crippen MR) is 164 cm³/mol. The number of hydrogen-bond donors (Lipinski definition) is 3. The number of piperidine rings is 1. The summed E-state index contributed by atoms with van der Waals surface area (Å²) in [6.45, 7) is 5.60. The van der Waals surface area contributed by atoms with Crippen molar-refractivity contribution < 1.29 is 29.3 Å². The second kappa shape index (κ2) is 14.8. The highest BCUT2D eigenvalue weighted by atomic mass is 16.7. The standard InChI is InChI=1S/C35H42N2O6/c1-24-31(22-37-17-3-2-4-18-37)42-35(43-34(24)27-13-11-25(23-38)12-14-27)30-10-6-9-29(20-30)28-8-5-7-26(19-28)21-36-32(39)15-16-33(40)41/h5-14,19-20,24,31,34-35,38H,2-4,15-18,21-23H2,1H3,(H,36,39)(H,40,41)/t24-,31+,34+,35+/m0/s1. The fourth-order valence-electron chi connectivity index (χ4n) is 5.96. The number of ether oxygens (including phenoxy) is 2. The first-order valence-corrected chi connectivity index (χ1v) is 15.3. The molecular weight excluding hydrogens is 544 g/mol. The third kappa shape index (κ3) is 8.30. The summed E-state index contributed by atoms with van der Waals surface area (Å²) in [5.41, 5.74) is 5.84. The van der Waals surface area contributed by atoms with Gasteiger partial charge in [0.1, 0.15) is 0 Å². The van der Waals surface area contributed by atoms with Gasteiger partial charge in [-0.15, -0.1) is 0 Å². The maximum atomic E-state index is 12.0. The van der Waals surface area contributed by atoms with Gasteiger partial charge in [-0.2, -0.15) is 0 Å². The molecule has 1 amide bonds. The molecule has 2 fully saturated rings. The summed E-state index contributed by atoms with van der Waals surface area (Å²) in [6.07, 6.45) is 2.81. The summed E-state index contributed by atoms with van der Waals surface area (Å²) < 4.78 is 13.4. The van der Waals surface area contributed by atoms with E-state index in [9.17, 15) is 14.7 Å². The molecule has 3 aromatic carbocycles. The zero-order valence-electron chi connectivity index (χ0n) is 24.8. The molecule has 2 saturated heterocycles. The van der Waals surface area contributed by atoms with Crippen molar-refractivity contribution in [2.24, 2.45) is 5.92 Å². The summed E-state index contributed by atoms with van der Waals surface area (Å²) in [4.78, 5) is 25.3. The Morgan fingerprint density at radius 2 is 1.58 bits per heavy atom. The van der Waals surface area contributed by atoms with E-state index in [1.54, 1.807) is 0 Å². The number of carbonyl (C=O) groups is 2. The molecule has 5 rings (SSSR count). The number of aliphatic carboxylic acids is 1. The highest BCUT2D eigenvalue weighted by Crippen LogP contribution is 2.42. The first kappa shape index (κ1) is 30.9. The van der Waals surface area contributed by atoms with Crippen LogP contribution in [0.5, 0.6) is 0 Å². The number of carbonyl (C=O) groups excluding carboxylic acids is 1. The van der Waals surface area contributed by atoms with Gasteiger partial charge in [0.15, 0.2) is 6.29 Å². The molecule has 0 aliphatic carbocycles. The van der Waals surface area contributed by atoms with Crippen LogP contribution < -0.4 is 5.32 Å². The van der Waals surface area contributed by atoms with Crippen LogP contribution in [0.25, 0.3) is 11.1 Å². The Morgan fingerprint density at radius 3 is 2.30 bits per heavy atom. The second-order valence-electron chi connectivity index (χ2n) is 11.7. The Bertz CT molecular complexity index is 1370. The zero-order valence-corrected chi connectivity index (χ0v) is 24.8. The van der Waals surface area contributed by atoms with Gasteiger partial charge in [0.25, 0.3) is 0 Å². The van der Waals surface area contributed by atoms with Crippen LogP contribution in [0.2, 0.25) is 0 Å². The van der Waals surface area contributed by atoms with Crippen molar-refractivity contribution in [3.05, 3.63) is 95.1 Å². The van der Waals surface area contributed by atoms with Crippen LogP contribution in [0.1, 0.15) is 73.7 Å². The molecular formula is C35H42N2O6. The van der Waals surface area contributed by atoms with Crippen LogP contribution in [-0.2, 0) is 32.2 Å². The molecule has 0 bridgehead atoms. The van der Waals surface area contributed by atoms with Gasteiger partial charge in [0.2, 0.25) is 5.91 Å². The van der Waals surface area contributed by atoms with E-state index in [0.29, 0.717) is 6.54 Å². The Labute approximate surface area is 253 Å². The van der Waals surface area contributed by atoms with E-state index >= 15 is 0 Å². The molecule has 0 spiro atoms. The first-order chi connectivity index (χ1) is 20.9. The largest absolute Gasteiger partial charge is 0.481 e. The smallest absolute Gasteiger partial charge is 0.303 e. The average Bonchev–Trinajstić information content (AvgIpc) is 3.04. The number of carboxylic acid groups (broad SMARTS) is 1. The van der Waals surface area contributed by atoms with Crippen molar-refractivity contribution in [1.82, 2.24) is 10.2 Å². The molecule has 228 valence electrons. The van der Waals surface area contributed by atoms with Gasteiger partial charge in [-0.05, 0) is 65.9 Å². The third-order valence-electron chi connectivity index (χ3n) is 8.48. The van der Waals surface area contributed by atoms with Crippen LogP contribution in [0.15, 0.2) is 72.8 Å². The van der Waals surface area contributed by atoms with E-state index in [1.807, 2.05) is 48.5 Å². The lowest BCUT2D eigenvalue weighted by Crippen LogP contribution is -2.45. The van der Waals surface area contributed by atoms with Crippen LogP contribution >= 0.6 is 0 Å². The predicted octanol–water partition coefficient (Wildman–Crippen LogP) is 5.60. The molecule has 8 heteroatoms. The van der Waals surface area contributed by atoms with Crippen LogP contribution in [0.3, 0.4) is 0 Å². The summed E-state index contributed by atoms with van der Waals surface area (Å²) in [6, 6.07) is 24.2. The lowest BCUT2D eigenvalue weighted by atomic mass is 9.89. The normalized spacial score (nSPS) is 22.7. The quantitative estimate of drug-likeness (QED) is 0.268. The van der Waals surface area contributed by atoms with Crippen molar-refractivity contribution in [2.75, 3.05) is 19.6 Å². The van der Waals surface area contributed by atoms with Crippen LogP contribution in [0.4, 0.5) is 0 Å². The number of hydrogen-bond acceptors (Lipinski definition) is 6. The lowest BCUT2D eigenvalue weighted by molar-refractivity contribution is -0.276. The SMILES string of the molecule is C[C@H]1[C@@H](CN2CCCCC2)O[C@@H](c2cccc(-c3cccc(CNC(=O)CCC(=O)O)c3)c2)O[C@H]1c1ccc(CO)cc1. The average molecular weight is 587 g/mol. The van der Waals surface area contributed by atoms with Crippen molar-refractivity contribution in [1.29, 1.82) is 0 Å². The summed E-state index contributed by atoms with van der Waals surface area (Å²) in [7, 11) is 0. The van der Waals surface area contributed by atoms with E-state index in [-0.39, 0.29) is 43.5 Å². The maximum Gasteiger partial charge on any atom is 0.303 e. The monoisotopic (exact) mass is 586 g/mol. The topological polar surface area (TPSA) is 108 Å². The van der Waals surface area contributed by atoms with E-state index in [1.165, 1.54) is 19.3 Å². The summed E-state index contributed by atoms with van der Waals surface area (Å²) in [5.74, 6) is -1.12. The molecule has 8 nitrogen and oxygen atoms in total. The highest BCUT2D eigenvalue weighted by molar-refractivity contribution is 5.80. The second-order valence-corrected chi connectivity index (χ2v) is 11.7. The minimum absolute atomic E-state index is 0.00362. The zero-order chi connectivity index (χ0) is 30.2. The molecule has 0 radical (unpaired) electrons. The van der Waals surface area contributed by atoms with Gasteiger partial charge in [-0.1, -0.05) is 74.0 Å². The van der Waals surface area contributed by atoms with Gasteiger partial charge in [0, 0.05) is 31.0 Å². The number of carboxylic acids is 1. The van der Waals surface area contributed by atoms with Crippen molar-refractivity contribution in [3.63, 3.8) is 0 Å². The van der Waals surface area contributed by atoms with Gasteiger partial charge in [-0.25, -0.2) is 0 Å². The number of aliphatic hydroxyl groups excluding tert-OH is 1.